The zero-order valence-electron chi connectivity index (χ0n) is 11.5. The van der Waals surface area contributed by atoms with Gasteiger partial charge in [-0.3, -0.25) is 4.68 Å². The van der Waals surface area contributed by atoms with E-state index in [-0.39, 0.29) is 0 Å². The first-order valence-electron chi connectivity index (χ1n) is 6.81. The molecule has 1 aromatic carbocycles. The van der Waals surface area contributed by atoms with E-state index in [0.717, 1.165) is 42.9 Å². The molecule has 0 saturated heterocycles. The van der Waals surface area contributed by atoms with Gasteiger partial charge in [0.2, 0.25) is 0 Å². The molecule has 1 N–H and O–H groups in total. The van der Waals surface area contributed by atoms with E-state index in [9.17, 15) is 5.21 Å². The van der Waals surface area contributed by atoms with Crippen molar-refractivity contribution in [2.45, 2.75) is 19.4 Å². The third kappa shape index (κ3) is 2.39. The van der Waals surface area contributed by atoms with Crippen LogP contribution in [0.5, 0.6) is 0 Å². The maximum absolute atomic E-state index is 9.20. The topological polar surface area (TPSA) is 53.7 Å². The Morgan fingerprint density at radius 2 is 2.20 bits per heavy atom. The molecule has 20 heavy (non-hydrogen) atoms. The number of para-hydroxylation sites is 1. The highest BCUT2D eigenvalue weighted by Crippen LogP contribution is 2.27. The first-order chi connectivity index (χ1) is 9.78. The van der Waals surface area contributed by atoms with Gasteiger partial charge >= 0.3 is 0 Å². The molecule has 104 valence electrons. The summed E-state index contributed by atoms with van der Waals surface area (Å²) in [6.45, 7) is 1.77. The van der Waals surface area contributed by atoms with Crippen LogP contribution in [0.4, 0.5) is 5.69 Å². The molecular weight excluding hydrogens is 252 g/mol. The van der Waals surface area contributed by atoms with E-state index in [4.69, 9.17) is 0 Å². The van der Waals surface area contributed by atoms with Gasteiger partial charge < -0.3 is 10.1 Å². The minimum Gasteiger partial charge on any atom is -0.411 e. The molecule has 0 fully saturated rings. The fourth-order valence-electron chi connectivity index (χ4n) is 2.73. The standard InChI is InChI=1S/C15H18N4O/c1-18-10-12(9-16-18)11-19-8-4-6-14(17-20)13-5-2-3-7-15(13)19/h2-3,5,7,9-10,20H,4,6,8,11H2,1H3/b17-14-. The van der Waals surface area contributed by atoms with E-state index in [1.54, 1.807) is 0 Å². The molecule has 0 unspecified atom stereocenters. The average molecular weight is 270 g/mol. The van der Waals surface area contributed by atoms with E-state index in [1.165, 1.54) is 5.56 Å². The number of nitrogens with zero attached hydrogens (tertiary/aromatic N) is 4. The van der Waals surface area contributed by atoms with Crippen molar-refractivity contribution in [3.8, 4) is 0 Å². The van der Waals surface area contributed by atoms with Gasteiger partial charge in [-0.15, -0.1) is 0 Å². The fraction of sp³-hybridized carbons (Fsp3) is 0.333. The molecule has 3 rings (SSSR count). The molecular formula is C15H18N4O. The Balaban J connectivity index is 1.95. The summed E-state index contributed by atoms with van der Waals surface area (Å²) >= 11 is 0. The van der Waals surface area contributed by atoms with Gasteiger partial charge in [-0.2, -0.15) is 5.10 Å². The Hall–Kier alpha value is -2.30. The summed E-state index contributed by atoms with van der Waals surface area (Å²) < 4.78 is 1.82. The molecule has 0 spiro atoms. The van der Waals surface area contributed by atoms with Gasteiger partial charge in [0, 0.05) is 43.1 Å². The molecule has 5 nitrogen and oxygen atoms in total. The number of anilines is 1. The third-order valence-corrected chi connectivity index (χ3v) is 3.65. The lowest BCUT2D eigenvalue weighted by Gasteiger charge is -2.24. The van der Waals surface area contributed by atoms with Crippen molar-refractivity contribution in [3.63, 3.8) is 0 Å². The lowest BCUT2D eigenvalue weighted by Crippen LogP contribution is -2.23. The summed E-state index contributed by atoms with van der Waals surface area (Å²) in [6.07, 6.45) is 5.72. The van der Waals surface area contributed by atoms with Crippen molar-refractivity contribution >= 4 is 11.4 Å². The molecule has 5 heteroatoms. The number of benzene rings is 1. The van der Waals surface area contributed by atoms with Crippen molar-refractivity contribution in [1.29, 1.82) is 0 Å². The number of oxime groups is 1. The Bertz CT molecular complexity index is 632. The second-order valence-corrected chi connectivity index (χ2v) is 5.11. The van der Waals surface area contributed by atoms with Gasteiger partial charge in [0.05, 0.1) is 11.9 Å². The molecule has 0 atom stereocenters. The predicted molar refractivity (Wildman–Crippen MR) is 78.3 cm³/mol. The Kier molecular flexibility index (Phi) is 3.41. The van der Waals surface area contributed by atoms with Crippen molar-refractivity contribution in [2.75, 3.05) is 11.4 Å². The molecule has 0 bridgehead atoms. The van der Waals surface area contributed by atoms with E-state index in [1.807, 2.05) is 42.3 Å². The smallest absolute Gasteiger partial charge is 0.0889 e. The van der Waals surface area contributed by atoms with Crippen LogP contribution >= 0.6 is 0 Å². The Morgan fingerprint density at radius 3 is 2.95 bits per heavy atom. The molecule has 2 aromatic rings. The molecule has 1 aromatic heterocycles. The van der Waals surface area contributed by atoms with Crippen LogP contribution in [-0.4, -0.2) is 27.2 Å². The fourth-order valence-corrected chi connectivity index (χ4v) is 2.73. The summed E-state index contributed by atoms with van der Waals surface area (Å²) in [5.41, 5.74) is 4.11. The predicted octanol–water partition coefficient (Wildman–Crippen LogP) is 2.40. The quantitative estimate of drug-likeness (QED) is 0.673. The highest BCUT2D eigenvalue weighted by Gasteiger charge is 2.19. The highest BCUT2D eigenvalue weighted by atomic mass is 16.4. The SMILES string of the molecule is Cn1cc(CN2CCC/C(=N/O)c3ccccc32)cn1. The zero-order valence-corrected chi connectivity index (χ0v) is 11.5. The Labute approximate surface area is 118 Å². The van der Waals surface area contributed by atoms with Crippen LogP contribution in [0.2, 0.25) is 0 Å². The number of aromatic nitrogens is 2. The van der Waals surface area contributed by atoms with Crippen LogP contribution in [0.3, 0.4) is 0 Å². The van der Waals surface area contributed by atoms with Crippen LogP contribution in [0.25, 0.3) is 0 Å². The second kappa shape index (κ2) is 5.36. The van der Waals surface area contributed by atoms with Gasteiger partial charge in [0.15, 0.2) is 0 Å². The van der Waals surface area contributed by atoms with Gasteiger partial charge in [-0.05, 0) is 18.9 Å². The van der Waals surface area contributed by atoms with E-state index in [0.29, 0.717) is 0 Å². The first-order valence-corrected chi connectivity index (χ1v) is 6.81. The van der Waals surface area contributed by atoms with Gasteiger partial charge in [-0.25, -0.2) is 0 Å². The van der Waals surface area contributed by atoms with Crippen LogP contribution in [0, 0.1) is 0 Å². The zero-order chi connectivity index (χ0) is 13.9. The molecule has 0 aliphatic carbocycles. The summed E-state index contributed by atoms with van der Waals surface area (Å²) in [7, 11) is 1.93. The average Bonchev–Trinajstić information content (AvgIpc) is 2.79. The molecule has 0 saturated carbocycles. The highest BCUT2D eigenvalue weighted by molar-refractivity contribution is 6.05. The van der Waals surface area contributed by atoms with E-state index >= 15 is 0 Å². The summed E-state index contributed by atoms with van der Waals surface area (Å²) in [6, 6.07) is 8.11. The number of rotatable bonds is 2. The second-order valence-electron chi connectivity index (χ2n) is 5.11. The summed E-state index contributed by atoms with van der Waals surface area (Å²) in [5, 5.41) is 16.9. The number of fused-ring (bicyclic) bond motifs is 1. The lowest BCUT2D eigenvalue weighted by molar-refractivity contribution is 0.318. The van der Waals surface area contributed by atoms with Crippen molar-refractivity contribution in [3.05, 3.63) is 47.8 Å². The maximum Gasteiger partial charge on any atom is 0.0889 e. The lowest BCUT2D eigenvalue weighted by atomic mass is 10.1. The molecule has 2 heterocycles. The summed E-state index contributed by atoms with van der Waals surface area (Å²) in [5.74, 6) is 0. The van der Waals surface area contributed by atoms with Crippen LogP contribution in [-0.2, 0) is 13.6 Å². The van der Waals surface area contributed by atoms with Gasteiger partial charge in [0.25, 0.3) is 0 Å². The normalized spacial score (nSPS) is 17.1. The van der Waals surface area contributed by atoms with Crippen molar-refractivity contribution in [1.82, 2.24) is 9.78 Å². The molecule has 0 radical (unpaired) electrons. The first kappa shape index (κ1) is 12.7. The number of hydrogen-bond donors (Lipinski definition) is 1. The minimum absolute atomic E-state index is 0.772. The largest absolute Gasteiger partial charge is 0.411 e. The van der Waals surface area contributed by atoms with E-state index in [2.05, 4.69) is 21.2 Å². The monoisotopic (exact) mass is 270 g/mol. The molecule has 1 aliphatic heterocycles. The van der Waals surface area contributed by atoms with Gasteiger partial charge in [-0.1, -0.05) is 23.4 Å². The third-order valence-electron chi connectivity index (χ3n) is 3.65. The summed E-state index contributed by atoms with van der Waals surface area (Å²) in [4.78, 5) is 2.32. The van der Waals surface area contributed by atoms with Crippen LogP contribution in [0.1, 0.15) is 24.0 Å². The minimum atomic E-state index is 0.772. The molecule has 1 aliphatic rings. The van der Waals surface area contributed by atoms with Crippen molar-refractivity contribution < 1.29 is 5.21 Å². The number of hydrogen-bond acceptors (Lipinski definition) is 4. The number of aryl methyl sites for hydroxylation is 1. The van der Waals surface area contributed by atoms with Crippen LogP contribution < -0.4 is 4.90 Å². The van der Waals surface area contributed by atoms with Crippen LogP contribution in [0.15, 0.2) is 41.8 Å². The molecule has 0 amide bonds. The van der Waals surface area contributed by atoms with Gasteiger partial charge in [0.1, 0.15) is 0 Å². The van der Waals surface area contributed by atoms with E-state index < -0.39 is 0 Å². The Morgan fingerprint density at radius 1 is 1.35 bits per heavy atom. The van der Waals surface area contributed by atoms with Crippen molar-refractivity contribution in [2.24, 2.45) is 12.2 Å². The maximum atomic E-state index is 9.20.